The predicted octanol–water partition coefficient (Wildman–Crippen LogP) is -0.0349. The fourth-order valence-corrected chi connectivity index (χ4v) is 3.65. The van der Waals surface area contributed by atoms with Crippen LogP contribution < -0.4 is 15.4 Å². The number of nitrogens with one attached hydrogen (secondary N) is 3. The molecule has 1 saturated heterocycles. The Labute approximate surface area is 135 Å². The lowest BCUT2D eigenvalue weighted by Crippen LogP contribution is -2.53. The highest BCUT2D eigenvalue weighted by atomic mass is 32.2. The van der Waals surface area contributed by atoms with Crippen LogP contribution in [0, 0.1) is 0 Å². The van der Waals surface area contributed by atoms with Gasteiger partial charge in [-0.25, -0.2) is 13.1 Å². The van der Waals surface area contributed by atoms with Crippen LogP contribution in [0.4, 0.5) is 0 Å². The molecular weight excluding hydrogens is 302 g/mol. The van der Waals surface area contributed by atoms with Crippen molar-refractivity contribution >= 4 is 16.0 Å². The average Bonchev–Trinajstić information content (AvgIpc) is 2.41. The van der Waals surface area contributed by atoms with Crippen LogP contribution in [0.15, 0.2) is 4.99 Å². The lowest BCUT2D eigenvalue weighted by atomic mass is 10.1. The predicted molar refractivity (Wildman–Crippen MR) is 91.7 cm³/mol. The quantitative estimate of drug-likeness (QED) is 0.450. The Morgan fingerprint density at radius 2 is 1.82 bits per heavy atom. The van der Waals surface area contributed by atoms with Gasteiger partial charge in [-0.15, -0.1) is 0 Å². The minimum Gasteiger partial charge on any atom is -0.355 e. The Morgan fingerprint density at radius 1 is 1.18 bits per heavy atom. The number of nitrogens with zero attached hydrogens (tertiary/aromatic N) is 2. The summed E-state index contributed by atoms with van der Waals surface area (Å²) in [5.41, 5.74) is -0.571. The molecule has 0 amide bonds. The Bertz CT molecular complexity index is 456. The van der Waals surface area contributed by atoms with Crippen molar-refractivity contribution in [2.75, 3.05) is 46.0 Å². The molecule has 8 heteroatoms. The zero-order valence-electron chi connectivity index (χ0n) is 14.3. The van der Waals surface area contributed by atoms with Gasteiger partial charge >= 0.3 is 0 Å². The first kappa shape index (κ1) is 19.2. The molecule has 0 aromatic heterocycles. The summed E-state index contributed by atoms with van der Waals surface area (Å²) in [7, 11) is -1.51. The lowest BCUT2D eigenvalue weighted by Gasteiger charge is -2.28. The van der Waals surface area contributed by atoms with E-state index >= 15 is 0 Å². The van der Waals surface area contributed by atoms with E-state index < -0.39 is 15.6 Å². The van der Waals surface area contributed by atoms with Crippen LogP contribution in [0.25, 0.3) is 0 Å². The number of piperidine rings is 1. The first-order valence-electron chi connectivity index (χ1n) is 7.88. The molecule has 0 spiro atoms. The summed E-state index contributed by atoms with van der Waals surface area (Å²) in [6.07, 6.45) is 5.09. The van der Waals surface area contributed by atoms with Crippen molar-refractivity contribution in [3.8, 4) is 0 Å². The number of hydrogen-bond donors (Lipinski definition) is 3. The molecule has 1 fully saturated rings. The summed E-state index contributed by atoms with van der Waals surface area (Å²) in [5.74, 6) is 0.695. The van der Waals surface area contributed by atoms with Crippen LogP contribution in [-0.4, -0.2) is 70.8 Å². The van der Waals surface area contributed by atoms with Gasteiger partial charge in [-0.2, -0.15) is 0 Å². The Morgan fingerprint density at radius 3 is 2.36 bits per heavy atom. The third kappa shape index (κ3) is 8.55. The van der Waals surface area contributed by atoms with Crippen molar-refractivity contribution in [1.29, 1.82) is 0 Å². The number of likely N-dealkylation sites (tertiary alicyclic amines) is 1. The Hall–Kier alpha value is -0.860. The van der Waals surface area contributed by atoms with Gasteiger partial charge < -0.3 is 15.5 Å². The second-order valence-corrected chi connectivity index (χ2v) is 8.26. The molecule has 1 aliphatic heterocycles. The summed E-state index contributed by atoms with van der Waals surface area (Å²) in [6.45, 7) is 8.33. The molecule has 0 unspecified atom stereocenters. The smallest absolute Gasteiger partial charge is 0.209 e. The number of rotatable bonds is 7. The van der Waals surface area contributed by atoms with Crippen LogP contribution in [0.1, 0.15) is 33.1 Å². The minimum absolute atomic E-state index is 0.462. The molecule has 1 heterocycles. The van der Waals surface area contributed by atoms with E-state index in [0.29, 0.717) is 12.5 Å². The molecule has 1 aliphatic rings. The molecule has 0 aliphatic carbocycles. The molecule has 3 N–H and O–H groups in total. The van der Waals surface area contributed by atoms with Gasteiger partial charge in [-0.1, -0.05) is 6.42 Å². The summed E-state index contributed by atoms with van der Waals surface area (Å²) >= 11 is 0. The fourth-order valence-electron chi connectivity index (χ4n) is 2.58. The van der Waals surface area contributed by atoms with Crippen LogP contribution in [0.5, 0.6) is 0 Å². The molecule has 7 nitrogen and oxygen atoms in total. The lowest BCUT2D eigenvalue weighted by molar-refractivity contribution is 0.232. The molecule has 0 aromatic carbocycles. The number of sulfonamides is 1. The van der Waals surface area contributed by atoms with E-state index in [1.54, 1.807) is 7.05 Å². The van der Waals surface area contributed by atoms with E-state index in [1.807, 2.05) is 13.8 Å². The normalized spacial score (nSPS) is 18.3. The van der Waals surface area contributed by atoms with Crippen LogP contribution in [0.3, 0.4) is 0 Å². The second kappa shape index (κ2) is 8.69. The highest BCUT2D eigenvalue weighted by Crippen LogP contribution is 2.07. The van der Waals surface area contributed by atoms with E-state index in [2.05, 4.69) is 25.2 Å². The topological polar surface area (TPSA) is 85.8 Å². The largest absolute Gasteiger partial charge is 0.355 e. The van der Waals surface area contributed by atoms with Crippen LogP contribution in [-0.2, 0) is 10.0 Å². The summed E-state index contributed by atoms with van der Waals surface area (Å²) in [5, 5.41) is 6.44. The van der Waals surface area contributed by atoms with Gasteiger partial charge in [0.1, 0.15) is 0 Å². The zero-order chi connectivity index (χ0) is 16.6. The first-order chi connectivity index (χ1) is 10.2. The third-order valence-corrected chi connectivity index (χ3v) is 4.48. The van der Waals surface area contributed by atoms with Crippen molar-refractivity contribution in [3.63, 3.8) is 0 Å². The zero-order valence-corrected chi connectivity index (χ0v) is 15.1. The molecule has 1 rings (SSSR count). The maximum Gasteiger partial charge on any atom is 0.209 e. The molecule has 0 radical (unpaired) electrons. The van der Waals surface area contributed by atoms with Gasteiger partial charge in [0.15, 0.2) is 5.96 Å². The van der Waals surface area contributed by atoms with Crippen molar-refractivity contribution in [3.05, 3.63) is 0 Å². The van der Waals surface area contributed by atoms with Gasteiger partial charge in [0.2, 0.25) is 10.0 Å². The average molecular weight is 334 g/mol. The van der Waals surface area contributed by atoms with Gasteiger partial charge in [0, 0.05) is 32.2 Å². The summed E-state index contributed by atoms with van der Waals surface area (Å²) in [4.78, 5) is 6.63. The van der Waals surface area contributed by atoms with E-state index in [-0.39, 0.29) is 0 Å². The van der Waals surface area contributed by atoms with E-state index in [9.17, 15) is 8.42 Å². The molecular formula is C14H31N5O2S. The van der Waals surface area contributed by atoms with E-state index in [4.69, 9.17) is 0 Å². The molecule has 0 aromatic rings. The maximum atomic E-state index is 11.3. The van der Waals surface area contributed by atoms with Crippen molar-refractivity contribution in [2.45, 2.75) is 38.6 Å². The molecule has 0 atom stereocenters. The summed E-state index contributed by atoms with van der Waals surface area (Å²) in [6, 6.07) is 0. The van der Waals surface area contributed by atoms with Gasteiger partial charge in [0.05, 0.1) is 6.26 Å². The van der Waals surface area contributed by atoms with Crippen LogP contribution in [0.2, 0.25) is 0 Å². The van der Waals surface area contributed by atoms with Crippen LogP contribution >= 0.6 is 0 Å². The molecule has 0 bridgehead atoms. The second-order valence-electron chi connectivity index (χ2n) is 6.51. The highest BCUT2D eigenvalue weighted by Gasteiger charge is 2.22. The SMILES string of the molecule is CN=C(NCCN1CCCCC1)NCC(C)(C)NS(C)(=O)=O. The Balaban J connectivity index is 2.29. The van der Waals surface area contributed by atoms with E-state index in [0.717, 1.165) is 13.1 Å². The summed E-state index contributed by atoms with van der Waals surface area (Å²) < 4.78 is 25.2. The van der Waals surface area contributed by atoms with Crippen molar-refractivity contribution in [1.82, 2.24) is 20.3 Å². The minimum atomic E-state index is -3.22. The Kier molecular flexibility index (Phi) is 7.58. The number of guanidine groups is 1. The van der Waals surface area contributed by atoms with Gasteiger partial charge in [0.25, 0.3) is 0 Å². The van der Waals surface area contributed by atoms with Gasteiger partial charge in [-0.3, -0.25) is 4.99 Å². The number of hydrogen-bond acceptors (Lipinski definition) is 4. The first-order valence-corrected chi connectivity index (χ1v) is 9.77. The molecule has 130 valence electrons. The third-order valence-electron chi connectivity index (χ3n) is 3.55. The highest BCUT2D eigenvalue weighted by molar-refractivity contribution is 7.88. The maximum absolute atomic E-state index is 11.3. The molecule has 0 saturated carbocycles. The van der Waals surface area contributed by atoms with Gasteiger partial charge in [-0.05, 0) is 39.8 Å². The van der Waals surface area contributed by atoms with Crippen molar-refractivity contribution < 1.29 is 8.42 Å². The standard InChI is InChI=1S/C14H31N5O2S/c1-14(2,18-22(4,20)21)12-17-13(15-3)16-8-11-19-9-6-5-7-10-19/h18H,5-12H2,1-4H3,(H2,15,16,17). The monoisotopic (exact) mass is 333 g/mol. The van der Waals surface area contributed by atoms with Crippen molar-refractivity contribution in [2.24, 2.45) is 4.99 Å². The number of aliphatic imine (C=N–C) groups is 1. The van der Waals surface area contributed by atoms with E-state index in [1.165, 1.54) is 38.6 Å². The molecule has 22 heavy (non-hydrogen) atoms. The fraction of sp³-hybridized carbons (Fsp3) is 0.929.